The first-order chi connectivity index (χ1) is 8.74. The third kappa shape index (κ3) is 2.22. The lowest BCUT2D eigenvalue weighted by atomic mass is 10.2. The molecule has 0 bridgehead atoms. The van der Waals surface area contributed by atoms with Gasteiger partial charge in [0.25, 0.3) is 0 Å². The van der Waals surface area contributed by atoms with Crippen LogP contribution in [0.2, 0.25) is 0 Å². The smallest absolute Gasteiger partial charge is 0.323 e. The highest BCUT2D eigenvalue weighted by Gasteiger charge is 2.34. The van der Waals surface area contributed by atoms with Crippen molar-refractivity contribution in [2.75, 3.05) is 37.7 Å². The molecule has 2 saturated heterocycles. The van der Waals surface area contributed by atoms with Gasteiger partial charge in [0, 0.05) is 38.0 Å². The Labute approximate surface area is 110 Å². The van der Waals surface area contributed by atoms with Gasteiger partial charge in [0.1, 0.15) is 6.04 Å². The van der Waals surface area contributed by atoms with Crippen LogP contribution in [0.4, 0.5) is 5.13 Å². The first kappa shape index (κ1) is 11.9. The molecule has 3 heterocycles. The number of carbonyl (C=O) groups excluding carboxylic acids is 1. The number of hydrogen-bond donors (Lipinski definition) is 0. The van der Waals surface area contributed by atoms with E-state index in [1.165, 1.54) is 0 Å². The van der Waals surface area contributed by atoms with Gasteiger partial charge in [-0.15, -0.1) is 11.3 Å². The van der Waals surface area contributed by atoms with Crippen LogP contribution < -0.4 is 4.90 Å². The Kier molecular flexibility index (Phi) is 3.22. The van der Waals surface area contributed by atoms with E-state index in [4.69, 9.17) is 4.74 Å². The third-order valence-electron chi connectivity index (χ3n) is 3.54. The quantitative estimate of drug-likeness (QED) is 0.745. The number of rotatable bonds is 2. The summed E-state index contributed by atoms with van der Waals surface area (Å²) in [5.41, 5.74) is 1.08. The number of ether oxygens (including phenoxy) is 1. The lowest BCUT2D eigenvalue weighted by molar-refractivity contribution is -0.142. The average molecular weight is 267 g/mol. The fourth-order valence-corrected chi connectivity index (χ4v) is 3.39. The summed E-state index contributed by atoms with van der Waals surface area (Å²) >= 11 is 1.69. The van der Waals surface area contributed by atoms with E-state index in [-0.39, 0.29) is 12.0 Å². The zero-order valence-corrected chi connectivity index (χ0v) is 11.3. The summed E-state index contributed by atoms with van der Waals surface area (Å²) in [7, 11) is 0. The summed E-state index contributed by atoms with van der Waals surface area (Å²) in [5, 5.41) is 3.18. The van der Waals surface area contributed by atoms with Crippen molar-refractivity contribution in [3.63, 3.8) is 0 Å². The van der Waals surface area contributed by atoms with Gasteiger partial charge in [-0.25, -0.2) is 4.98 Å². The zero-order valence-electron chi connectivity index (χ0n) is 10.5. The highest BCUT2D eigenvalue weighted by molar-refractivity contribution is 7.13. The summed E-state index contributed by atoms with van der Waals surface area (Å²) < 4.78 is 5.03. The molecule has 2 fully saturated rings. The number of carbonyl (C=O) groups is 1. The van der Waals surface area contributed by atoms with Crippen LogP contribution in [0.3, 0.4) is 0 Å². The van der Waals surface area contributed by atoms with Crippen molar-refractivity contribution < 1.29 is 9.53 Å². The van der Waals surface area contributed by atoms with Crippen molar-refractivity contribution >= 4 is 22.4 Å². The average Bonchev–Trinajstić information content (AvgIpc) is 2.98. The number of aryl methyl sites for hydroxylation is 1. The third-order valence-corrected chi connectivity index (χ3v) is 4.56. The van der Waals surface area contributed by atoms with Gasteiger partial charge in [0.15, 0.2) is 5.13 Å². The summed E-state index contributed by atoms with van der Waals surface area (Å²) in [6.07, 6.45) is 0.842. The topological polar surface area (TPSA) is 45.7 Å². The van der Waals surface area contributed by atoms with E-state index in [9.17, 15) is 4.79 Å². The molecule has 0 radical (unpaired) electrons. The maximum absolute atomic E-state index is 11.5. The van der Waals surface area contributed by atoms with Crippen molar-refractivity contribution in [3.8, 4) is 0 Å². The van der Waals surface area contributed by atoms with E-state index in [0.717, 1.165) is 43.4 Å². The van der Waals surface area contributed by atoms with Crippen molar-refractivity contribution in [1.82, 2.24) is 9.88 Å². The van der Waals surface area contributed by atoms with Gasteiger partial charge in [-0.3, -0.25) is 9.69 Å². The summed E-state index contributed by atoms with van der Waals surface area (Å²) in [4.78, 5) is 20.6. The number of esters is 1. The van der Waals surface area contributed by atoms with Gasteiger partial charge in [0.2, 0.25) is 0 Å². The molecule has 98 valence electrons. The maximum Gasteiger partial charge on any atom is 0.323 e. The Morgan fingerprint density at radius 1 is 1.39 bits per heavy atom. The molecule has 6 heteroatoms. The van der Waals surface area contributed by atoms with Crippen LogP contribution in [0, 0.1) is 6.92 Å². The Bertz CT molecular complexity index is 440. The molecule has 0 aromatic carbocycles. The standard InChI is InChI=1S/C12H17N3O2S/c1-9-8-18-12(13-9)15-5-3-14(4-6-15)10-2-7-17-11(10)16/h8,10H,2-7H2,1H3/t10-/m0/s1. The summed E-state index contributed by atoms with van der Waals surface area (Å²) in [5.74, 6) is -0.0476. The maximum atomic E-state index is 11.5. The highest BCUT2D eigenvalue weighted by Crippen LogP contribution is 2.23. The van der Waals surface area contributed by atoms with Crippen molar-refractivity contribution in [1.29, 1.82) is 0 Å². The van der Waals surface area contributed by atoms with Crippen LogP contribution in [0.1, 0.15) is 12.1 Å². The van der Waals surface area contributed by atoms with Gasteiger partial charge >= 0.3 is 5.97 Å². The van der Waals surface area contributed by atoms with Crippen molar-refractivity contribution in [3.05, 3.63) is 11.1 Å². The largest absolute Gasteiger partial charge is 0.464 e. The van der Waals surface area contributed by atoms with Gasteiger partial charge in [-0.1, -0.05) is 0 Å². The molecule has 0 spiro atoms. The second-order valence-electron chi connectivity index (χ2n) is 4.77. The Morgan fingerprint density at radius 3 is 2.72 bits per heavy atom. The van der Waals surface area contributed by atoms with E-state index in [1.807, 2.05) is 6.92 Å². The number of cyclic esters (lactones) is 1. The molecule has 0 aliphatic carbocycles. The molecule has 2 aliphatic rings. The number of aromatic nitrogens is 1. The van der Waals surface area contributed by atoms with Crippen molar-refractivity contribution in [2.24, 2.45) is 0 Å². The second kappa shape index (κ2) is 4.85. The Morgan fingerprint density at radius 2 is 2.17 bits per heavy atom. The molecule has 5 nitrogen and oxygen atoms in total. The predicted octanol–water partition coefficient (Wildman–Crippen LogP) is 0.889. The first-order valence-electron chi connectivity index (χ1n) is 6.32. The van der Waals surface area contributed by atoms with Crippen LogP contribution in [0.5, 0.6) is 0 Å². The van der Waals surface area contributed by atoms with Crippen LogP contribution in [0.15, 0.2) is 5.38 Å². The van der Waals surface area contributed by atoms with Crippen LogP contribution in [0.25, 0.3) is 0 Å². The molecule has 1 atom stereocenters. The van der Waals surface area contributed by atoms with E-state index in [1.54, 1.807) is 11.3 Å². The molecule has 0 N–H and O–H groups in total. The van der Waals surface area contributed by atoms with Gasteiger partial charge < -0.3 is 9.64 Å². The number of anilines is 1. The highest BCUT2D eigenvalue weighted by atomic mass is 32.1. The van der Waals surface area contributed by atoms with Crippen LogP contribution in [-0.2, 0) is 9.53 Å². The van der Waals surface area contributed by atoms with Crippen molar-refractivity contribution in [2.45, 2.75) is 19.4 Å². The van der Waals surface area contributed by atoms with E-state index in [0.29, 0.717) is 6.61 Å². The molecular formula is C12H17N3O2S. The molecule has 1 aromatic rings. The van der Waals surface area contributed by atoms with Gasteiger partial charge in [-0.05, 0) is 6.92 Å². The summed E-state index contributed by atoms with van der Waals surface area (Å²) in [6.45, 7) is 6.31. The minimum atomic E-state index is -0.0476. The van der Waals surface area contributed by atoms with E-state index in [2.05, 4.69) is 20.2 Å². The lowest BCUT2D eigenvalue weighted by Gasteiger charge is -2.36. The van der Waals surface area contributed by atoms with E-state index >= 15 is 0 Å². The molecule has 0 amide bonds. The Hall–Kier alpha value is -1.14. The number of nitrogens with zero attached hydrogens (tertiary/aromatic N) is 3. The molecule has 0 saturated carbocycles. The molecule has 3 rings (SSSR count). The van der Waals surface area contributed by atoms with Crippen LogP contribution >= 0.6 is 11.3 Å². The molecule has 1 aromatic heterocycles. The normalized spacial score (nSPS) is 25.5. The van der Waals surface area contributed by atoms with Crippen LogP contribution in [-0.4, -0.2) is 54.7 Å². The SMILES string of the molecule is Cc1csc(N2CCN([C@H]3CCOC3=O)CC2)n1. The monoisotopic (exact) mass is 267 g/mol. The minimum absolute atomic E-state index is 0.00909. The summed E-state index contributed by atoms with van der Waals surface area (Å²) in [6, 6.07) is -0.00909. The minimum Gasteiger partial charge on any atom is -0.464 e. The molecule has 18 heavy (non-hydrogen) atoms. The number of hydrogen-bond acceptors (Lipinski definition) is 6. The van der Waals surface area contributed by atoms with Gasteiger partial charge in [-0.2, -0.15) is 0 Å². The first-order valence-corrected chi connectivity index (χ1v) is 7.20. The predicted molar refractivity (Wildman–Crippen MR) is 70.0 cm³/mol. The lowest BCUT2D eigenvalue weighted by Crippen LogP contribution is -2.51. The number of thiazole rings is 1. The Balaban J connectivity index is 1.59. The molecule has 2 aliphatic heterocycles. The zero-order chi connectivity index (χ0) is 12.5. The van der Waals surface area contributed by atoms with Gasteiger partial charge in [0.05, 0.1) is 12.3 Å². The fraction of sp³-hybridized carbons (Fsp3) is 0.667. The van der Waals surface area contributed by atoms with E-state index < -0.39 is 0 Å². The number of piperazine rings is 1. The molecule has 0 unspecified atom stereocenters. The molecular weight excluding hydrogens is 250 g/mol. The second-order valence-corrected chi connectivity index (χ2v) is 5.60. The fourth-order valence-electron chi connectivity index (χ4n) is 2.53.